The van der Waals surface area contributed by atoms with Gasteiger partial charge in [-0.15, -0.1) is 0 Å². The number of piperidine rings is 1. The van der Waals surface area contributed by atoms with Crippen molar-refractivity contribution in [3.8, 4) is 0 Å². The molecule has 0 amide bonds. The minimum Gasteiger partial charge on any atom is -0.350 e. The maximum absolute atomic E-state index is 6.04. The molecule has 0 saturated carbocycles. The molecule has 0 spiro atoms. The molecule has 0 aliphatic carbocycles. The molecule has 116 valence electrons. The van der Waals surface area contributed by atoms with Crippen LogP contribution in [-0.4, -0.2) is 33.0 Å². The number of rotatable bonds is 4. The third kappa shape index (κ3) is 3.82. The molecule has 3 rings (SSSR count). The van der Waals surface area contributed by atoms with Crippen LogP contribution in [-0.2, 0) is 6.54 Å². The second-order valence-corrected chi connectivity index (χ2v) is 5.95. The largest absolute Gasteiger partial charge is 0.350 e. The Morgan fingerprint density at radius 2 is 2.09 bits per heavy atom. The van der Waals surface area contributed by atoms with Crippen molar-refractivity contribution in [2.24, 2.45) is 5.92 Å². The summed E-state index contributed by atoms with van der Waals surface area (Å²) in [6.07, 6.45) is 5.87. The third-order valence-electron chi connectivity index (χ3n) is 3.84. The fourth-order valence-electron chi connectivity index (χ4n) is 2.45. The van der Waals surface area contributed by atoms with E-state index in [0.717, 1.165) is 37.4 Å². The third-order valence-corrected chi connectivity index (χ3v) is 4.01. The van der Waals surface area contributed by atoms with Crippen LogP contribution in [0.3, 0.4) is 0 Å². The average molecular weight is 319 g/mol. The van der Waals surface area contributed by atoms with Crippen LogP contribution in [0.15, 0.2) is 24.5 Å². The van der Waals surface area contributed by atoms with Crippen molar-refractivity contribution in [1.82, 2.24) is 19.9 Å². The Hall–Kier alpha value is -1.95. The number of aromatic nitrogens is 4. The van der Waals surface area contributed by atoms with Crippen molar-refractivity contribution < 1.29 is 0 Å². The Balaban J connectivity index is 1.70. The second-order valence-electron chi connectivity index (χ2n) is 5.61. The molecule has 7 heteroatoms. The van der Waals surface area contributed by atoms with E-state index in [4.69, 9.17) is 11.6 Å². The highest BCUT2D eigenvalue weighted by atomic mass is 35.5. The summed E-state index contributed by atoms with van der Waals surface area (Å²) >= 11 is 6.04. The standard InChI is InChI=1S/C15H19ClN6/c1-11-4-7-22(8-5-11)15-20-13(16)19-14(21-15)18-10-12-3-2-6-17-9-12/h2-3,6,9,11H,4-5,7-8,10H2,1H3,(H,18,19,20,21). The smallest absolute Gasteiger partial charge is 0.231 e. The van der Waals surface area contributed by atoms with E-state index in [1.165, 1.54) is 0 Å². The van der Waals surface area contributed by atoms with Gasteiger partial charge < -0.3 is 10.2 Å². The van der Waals surface area contributed by atoms with E-state index in [1.807, 2.05) is 18.3 Å². The number of hydrogen-bond donors (Lipinski definition) is 1. The molecule has 1 aliphatic heterocycles. The zero-order valence-corrected chi connectivity index (χ0v) is 13.3. The van der Waals surface area contributed by atoms with Crippen LogP contribution in [0.5, 0.6) is 0 Å². The topological polar surface area (TPSA) is 66.8 Å². The molecular formula is C15H19ClN6. The Bertz CT molecular complexity index is 613. The molecular weight excluding hydrogens is 300 g/mol. The van der Waals surface area contributed by atoms with Gasteiger partial charge in [-0.05, 0) is 42.0 Å². The van der Waals surface area contributed by atoms with Crippen LogP contribution in [0, 0.1) is 5.92 Å². The Labute approximate surface area is 135 Å². The summed E-state index contributed by atoms with van der Waals surface area (Å²) in [5.41, 5.74) is 1.06. The van der Waals surface area contributed by atoms with E-state index in [-0.39, 0.29) is 5.28 Å². The maximum atomic E-state index is 6.04. The number of anilines is 2. The first-order valence-corrected chi connectivity index (χ1v) is 7.88. The summed E-state index contributed by atoms with van der Waals surface area (Å²) < 4.78 is 0. The van der Waals surface area contributed by atoms with Gasteiger partial charge in [0.25, 0.3) is 0 Å². The normalized spacial score (nSPS) is 15.8. The van der Waals surface area contributed by atoms with Crippen molar-refractivity contribution in [2.45, 2.75) is 26.3 Å². The van der Waals surface area contributed by atoms with Gasteiger partial charge in [0.1, 0.15) is 0 Å². The van der Waals surface area contributed by atoms with E-state index >= 15 is 0 Å². The second kappa shape index (κ2) is 6.87. The minimum absolute atomic E-state index is 0.220. The van der Waals surface area contributed by atoms with Gasteiger partial charge in [0.2, 0.25) is 17.2 Å². The molecule has 0 aromatic carbocycles. The fourth-order valence-corrected chi connectivity index (χ4v) is 2.61. The van der Waals surface area contributed by atoms with Gasteiger partial charge in [-0.3, -0.25) is 4.98 Å². The van der Waals surface area contributed by atoms with Gasteiger partial charge in [0, 0.05) is 32.0 Å². The number of pyridine rings is 1. The summed E-state index contributed by atoms with van der Waals surface area (Å²) in [6.45, 7) is 4.80. The molecule has 3 heterocycles. The number of nitrogens with zero attached hydrogens (tertiary/aromatic N) is 5. The number of hydrogen-bond acceptors (Lipinski definition) is 6. The van der Waals surface area contributed by atoms with E-state index < -0.39 is 0 Å². The van der Waals surface area contributed by atoms with Crippen LogP contribution in [0.25, 0.3) is 0 Å². The molecule has 0 unspecified atom stereocenters. The van der Waals surface area contributed by atoms with Crippen molar-refractivity contribution in [3.05, 3.63) is 35.4 Å². The Morgan fingerprint density at radius 1 is 1.27 bits per heavy atom. The summed E-state index contributed by atoms with van der Waals surface area (Å²) in [7, 11) is 0. The summed E-state index contributed by atoms with van der Waals surface area (Å²) in [4.78, 5) is 19.1. The van der Waals surface area contributed by atoms with Crippen LogP contribution in [0.2, 0.25) is 5.28 Å². The highest BCUT2D eigenvalue weighted by molar-refractivity contribution is 6.28. The van der Waals surface area contributed by atoms with Crippen molar-refractivity contribution in [3.63, 3.8) is 0 Å². The molecule has 1 fully saturated rings. The molecule has 2 aromatic heterocycles. The van der Waals surface area contributed by atoms with Crippen LogP contribution >= 0.6 is 11.6 Å². The SMILES string of the molecule is CC1CCN(c2nc(Cl)nc(NCc3cccnc3)n2)CC1. The first-order valence-electron chi connectivity index (χ1n) is 7.50. The van der Waals surface area contributed by atoms with Crippen LogP contribution < -0.4 is 10.2 Å². The van der Waals surface area contributed by atoms with Crippen molar-refractivity contribution in [1.29, 1.82) is 0 Å². The fraction of sp³-hybridized carbons (Fsp3) is 0.467. The van der Waals surface area contributed by atoms with Gasteiger partial charge in [-0.25, -0.2) is 0 Å². The predicted octanol–water partition coefficient (Wildman–Crippen LogP) is 2.77. The molecule has 22 heavy (non-hydrogen) atoms. The lowest BCUT2D eigenvalue weighted by Gasteiger charge is -2.30. The van der Waals surface area contributed by atoms with E-state index in [2.05, 4.69) is 37.1 Å². The quantitative estimate of drug-likeness (QED) is 0.935. The zero-order chi connectivity index (χ0) is 15.4. The molecule has 1 aliphatic rings. The first-order chi connectivity index (χ1) is 10.7. The molecule has 1 saturated heterocycles. The molecule has 0 bridgehead atoms. The average Bonchev–Trinajstić information content (AvgIpc) is 2.54. The lowest BCUT2D eigenvalue weighted by Crippen LogP contribution is -2.34. The minimum atomic E-state index is 0.220. The summed E-state index contributed by atoms with van der Waals surface area (Å²) in [5.74, 6) is 1.91. The van der Waals surface area contributed by atoms with Gasteiger partial charge in [-0.2, -0.15) is 15.0 Å². The van der Waals surface area contributed by atoms with E-state index in [9.17, 15) is 0 Å². The molecule has 1 N–H and O–H groups in total. The number of nitrogens with one attached hydrogen (secondary N) is 1. The highest BCUT2D eigenvalue weighted by Gasteiger charge is 2.19. The van der Waals surface area contributed by atoms with Crippen molar-refractivity contribution in [2.75, 3.05) is 23.3 Å². The summed E-state index contributed by atoms with van der Waals surface area (Å²) in [6, 6.07) is 3.90. The maximum Gasteiger partial charge on any atom is 0.231 e. The molecule has 2 aromatic rings. The van der Waals surface area contributed by atoms with Crippen LogP contribution in [0.1, 0.15) is 25.3 Å². The predicted molar refractivity (Wildman–Crippen MR) is 87.0 cm³/mol. The lowest BCUT2D eigenvalue weighted by atomic mass is 10.00. The number of halogens is 1. The molecule has 0 radical (unpaired) electrons. The molecule has 6 nitrogen and oxygen atoms in total. The van der Waals surface area contributed by atoms with E-state index in [1.54, 1.807) is 6.20 Å². The van der Waals surface area contributed by atoms with Gasteiger partial charge in [0.15, 0.2) is 0 Å². The molecule has 0 atom stereocenters. The zero-order valence-electron chi connectivity index (χ0n) is 12.5. The van der Waals surface area contributed by atoms with Crippen LogP contribution in [0.4, 0.5) is 11.9 Å². The van der Waals surface area contributed by atoms with E-state index in [0.29, 0.717) is 18.4 Å². The van der Waals surface area contributed by atoms with Crippen molar-refractivity contribution >= 4 is 23.5 Å². The Morgan fingerprint density at radius 3 is 2.82 bits per heavy atom. The van der Waals surface area contributed by atoms with Gasteiger partial charge >= 0.3 is 0 Å². The Kier molecular flexibility index (Phi) is 4.68. The first kappa shape index (κ1) is 15.0. The highest BCUT2D eigenvalue weighted by Crippen LogP contribution is 2.21. The lowest BCUT2D eigenvalue weighted by molar-refractivity contribution is 0.434. The van der Waals surface area contributed by atoms with Gasteiger partial charge in [0.05, 0.1) is 0 Å². The van der Waals surface area contributed by atoms with Gasteiger partial charge in [-0.1, -0.05) is 13.0 Å². The monoisotopic (exact) mass is 318 g/mol. The summed E-state index contributed by atoms with van der Waals surface area (Å²) in [5, 5.41) is 3.40.